The normalized spacial score (nSPS) is 16.5. The van der Waals surface area contributed by atoms with Crippen LogP contribution in [0.25, 0.3) is 0 Å². The lowest BCUT2D eigenvalue weighted by molar-refractivity contribution is -0.825. The highest BCUT2D eigenvalue weighted by Gasteiger charge is 2.34. The molecule has 2 aromatic rings. The molecule has 32 heavy (non-hydrogen) atoms. The Bertz CT molecular complexity index is 984. The summed E-state index contributed by atoms with van der Waals surface area (Å²) in [5.41, 5.74) is 5.12. The van der Waals surface area contributed by atoms with Gasteiger partial charge in [0.15, 0.2) is 5.69 Å². The minimum Gasteiger partial charge on any atom is -0.444 e. The van der Waals surface area contributed by atoms with Crippen molar-refractivity contribution in [1.29, 1.82) is 0 Å². The van der Waals surface area contributed by atoms with Crippen molar-refractivity contribution in [2.24, 2.45) is 0 Å². The molecule has 0 radical (unpaired) electrons. The molecule has 8 nitrogen and oxygen atoms in total. The summed E-state index contributed by atoms with van der Waals surface area (Å²) < 4.78 is 5.39. The van der Waals surface area contributed by atoms with E-state index in [9.17, 15) is 14.8 Å². The average molecular weight is 440 g/mol. The van der Waals surface area contributed by atoms with Gasteiger partial charge in [0.05, 0.1) is 5.69 Å². The monoisotopic (exact) mass is 439 g/mol. The topological polar surface area (TPSA) is 89.9 Å². The van der Waals surface area contributed by atoms with Crippen molar-refractivity contribution in [3.63, 3.8) is 0 Å². The van der Waals surface area contributed by atoms with E-state index < -0.39 is 0 Å². The number of rotatable bonds is 6. The van der Waals surface area contributed by atoms with Crippen LogP contribution in [0.5, 0.6) is 0 Å². The molecule has 3 N–H and O–H groups in total. The number of ether oxygens (including phenoxy) is 1. The van der Waals surface area contributed by atoms with E-state index in [0.717, 1.165) is 48.3 Å². The Morgan fingerprint density at radius 3 is 2.53 bits per heavy atom. The van der Waals surface area contributed by atoms with E-state index in [4.69, 9.17) is 4.74 Å². The second-order valence-electron chi connectivity index (χ2n) is 8.15. The number of cyclic esters (lactones) is 1. The molecule has 0 saturated carbocycles. The lowest BCUT2D eigenvalue weighted by atomic mass is 9.99. The maximum Gasteiger partial charge on any atom is 0.414 e. The molecular formula is C24H31N4O4+. The van der Waals surface area contributed by atoms with Gasteiger partial charge in [-0.05, 0) is 44.9 Å². The van der Waals surface area contributed by atoms with Crippen LogP contribution in [-0.4, -0.2) is 54.3 Å². The van der Waals surface area contributed by atoms with Crippen molar-refractivity contribution in [3.05, 3.63) is 53.6 Å². The first-order valence-electron chi connectivity index (χ1n) is 11.3. The molecule has 170 valence electrons. The van der Waals surface area contributed by atoms with E-state index in [1.807, 2.05) is 50.2 Å². The lowest BCUT2D eigenvalue weighted by Crippen LogP contribution is -2.74. The number of para-hydroxylation sites is 1. The van der Waals surface area contributed by atoms with Gasteiger partial charge in [0.1, 0.15) is 12.3 Å². The van der Waals surface area contributed by atoms with Crippen molar-refractivity contribution < 1.29 is 25.0 Å². The first-order valence-corrected chi connectivity index (χ1v) is 11.3. The largest absolute Gasteiger partial charge is 0.444 e. The standard InChI is InChI=1S/C24H30N4O4/c1-3-26(4-2)23(29)17-9-10-22(20(15-17)25-31)27-13-11-19(12-14-27)28-21-8-6-5-7-18(21)16-32-24(28)30/h5-10,15,19,25,31H,3-4,11-14,16H2,1-2H3/p+1. The number of nitrogens with two attached hydrogens (primary N) is 1. The van der Waals surface area contributed by atoms with E-state index in [1.165, 1.54) is 0 Å². The molecule has 2 amide bonds. The molecule has 0 aromatic heterocycles. The van der Waals surface area contributed by atoms with Crippen LogP contribution in [0.2, 0.25) is 0 Å². The number of carbonyl (C=O) groups is 2. The minimum absolute atomic E-state index is 0.0364. The zero-order chi connectivity index (χ0) is 22.7. The number of anilines is 2. The molecule has 1 fully saturated rings. The van der Waals surface area contributed by atoms with Gasteiger partial charge in [-0.2, -0.15) is 5.48 Å². The van der Waals surface area contributed by atoms with Crippen LogP contribution in [0.15, 0.2) is 42.5 Å². The smallest absolute Gasteiger partial charge is 0.414 e. The minimum atomic E-state index is -0.286. The number of piperidine rings is 1. The third-order valence-corrected chi connectivity index (χ3v) is 6.43. The Morgan fingerprint density at radius 2 is 1.84 bits per heavy atom. The quantitative estimate of drug-likeness (QED) is 0.534. The van der Waals surface area contributed by atoms with Crippen LogP contribution in [0.3, 0.4) is 0 Å². The highest BCUT2D eigenvalue weighted by molar-refractivity contribution is 5.96. The molecule has 0 atom stereocenters. The van der Waals surface area contributed by atoms with Gasteiger partial charge >= 0.3 is 6.09 Å². The first-order chi connectivity index (χ1) is 15.6. The van der Waals surface area contributed by atoms with Gasteiger partial charge < -0.3 is 14.5 Å². The molecule has 2 aliphatic heterocycles. The SMILES string of the molecule is CCN(CC)C(=O)c1ccc(N2CCC(N3C(=O)OCc4ccccc43)CC2)c([NH2+]O)c1. The van der Waals surface area contributed by atoms with Crippen LogP contribution in [0, 0.1) is 0 Å². The Hall–Kier alpha value is -3.10. The predicted molar refractivity (Wildman–Crippen MR) is 121 cm³/mol. The molecule has 2 aliphatic rings. The maximum absolute atomic E-state index is 12.7. The van der Waals surface area contributed by atoms with Gasteiger partial charge in [0, 0.05) is 49.4 Å². The second-order valence-corrected chi connectivity index (χ2v) is 8.15. The highest BCUT2D eigenvalue weighted by Crippen LogP contribution is 2.34. The first kappa shape index (κ1) is 22.1. The van der Waals surface area contributed by atoms with Gasteiger partial charge in [-0.15, -0.1) is 0 Å². The van der Waals surface area contributed by atoms with Gasteiger partial charge in [-0.3, -0.25) is 9.69 Å². The number of fused-ring (bicyclic) bond motifs is 1. The average Bonchev–Trinajstić information content (AvgIpc) is 2.84. The molecule has 2 heterocycles. The van der Waals surface area contributed by atoms with E-state index in [0.29, 0.717) is 30.9 Å². The summed E-state index contributed by atoms with van der Waals surface area (Å²) in [5.74, 6) is -0.0364. The molecular weight excluding hydrogens is 408 g/mol. The van der Waals surface area contributed by atoms with Crippen molar-refractivity contribution in [2.45, 2.75) is 39.3 Å². The van der Waals surface area contributed by atoms with Crippen molar-refractivity contribution in [2.75, 3.05) is 36.0 Å². The van der Waals surface area contributed by atoms with Crippen molar-refractivity contribution in [3.8, 4) is 0 Å². The van der Waals surface area contributed by atoms with E-state index >= 15 is 0 Å². The third kappa shape index (κ3) is 4.16. The second kappa shape index (κ2) is 9.58. The number of hydrogen-bond acceptors (Lipinski definition) is 5. The van der Waals surface area contributed by atoms with Gasteiger partial charge in [0.2, 0.25) is 0 Å². The summed E-state index contributed by atoms with van der Waals surface area (Å²) in [6, 6.07) is 13.4. The summed E-state index contributed by atoms with van der Waals surface area (Å²) in [7, 11) is 0. The maximum atomic E-state index is 12.7. The number of carbonyl (C=O) groups excluding carboxylic acids is 2. The van der Waals surface area contributed by atoms with Gasteiger partial charge in [0.25, 0.3) is 5.91 Å². The number of nitrogens with zero attached hydrogens (tertiary/aromatic N) is 3. The summed E-state index contributed by atoms with van der Waals surface area (Å²) in [5, 5.41) is 9.86. The zero-order valence-corrected chi connectivity index (χ0v) is 18.7. The van der Waals surface area contributed by atoms with Crippen LogP contribution < -0.4 is 15.3 Å². The number of quaternary nitrogens is 1. The number of amides is 2. The highest BCUT2D eigenvalue weighted by atomic mass is 16.6. The molecule has 4 rings (SSSR count). The van der Waals surface area contributed by atoms with Crippen LogP contribution in [-0.2, 0) is 11.3 Å². The Labute approximate surface area is 188 Å². The molecule has 8 heteroatoms. The fourth-order valence-corrected chi connectivity index (χ4v) is 4.66. The molecule has 0 bridgehead atoms. The third-order valence-electron chi connectivity index (χ3n) is 6.43. The van der Waals surface area contributed by atoms with E-state index in [1.54, 1.807) is 15.9 Å². The molecule has 1 saturated heterocycles. The van der Waals surface area contributed by atoms with Gasteiger partial charge in [-0.1, -0.05) is 18.2 Å². The molecule has 2 aromatic carbocycles. The fraction of sp³-hybridized carbons (Fsp3) is 0.417. The molecule has 0 unspecified atom stereocenters. The Morgan fingerprint density at radius 1 is 1.12 bits per heavy atom. The fourth-order valence-electron chi connectivity index (χ4n) is 4.66. The van der Waals surface area contributed by atoms with Gasteiger partial charge in [-0.25, -0.2) is 10.0 Å². The molecule has 0 aliphatic carbocycles. The lowest BCUT2D eigenvalue weighted by Gasteiger charge is -2.40. The van der Waals surface area contributed by atoms with Crippen LogP contribution in [0.1, 0.15) is 42.6 Å². The number of hydrogen-bond donors (Lipinski definition) is 2. The van der Waals surface area contributed by atoms with E-state index in [-0.39, 0.29) is 18.0 Å². The molecule has 0 spiro atoms. The summed E-state index contributed by atoms with van der Waals surface area (Å²) in [4.78, 5) is 31.0. The Kier molecular flexibility index (Phi) is 6.62. The van der Waals surface area contributed by atoms with E-state index in [2.05, 4.69) is 4.90 Å². The predicted octanol–water partition coefficient (Wildman–Crippen LogP) is 2.88. The van der Waals surface area contributed by atoms with Crippen LogP contribution >= 0.6 is 0 Å². The van der Waals surface area contributed by atoms with Crippen molar-refractivity contribution >= 4 is 29.1 Å². The van der Waals surface area contributed by atoms with Crippen LogP contribution in [0.4, 0.5) is 21.9 Å². The zero-order valence-electron chi connectivity index (χ0n) is 18.7. The summed E-state index contributed by atoms with van der Waals surface area (Å²) in [6.07, 6.45) is 1.29. The number of benzene rings is 2. The Balaban J connectivity index is 1.49. The summed E-state index contributed by atoms with van der Waals surface area (Å²) >= 11 is 0. The van der Waals surface area contributed by atoms with Crippen molar-refractivity contribution in [1.82, 2.24) is 4.90 Å². The summed E-state index contributed by atoms with van der Waals surface area (Å²) in [6.45, 7) is 6.99.